The zero-order valence-corrected chi connectivity index (χ0v) is 28.1. The van der Waals surface area contributed by atoms with E-state index in [9.17, 15) is 20.0 Å². The Morgan fingerprint density at radius 1 is 1.06 bits per heavy atom. The Labute approximate surface area is 282 Å². The highest BCUT2D eigenvalue weighted by Gasteiger charge is 2.34. The number of ether oxygens (including phenoxy) is 2. The molecule has 6 rings (SSSR count). The van der Waals surface area contributed by atoms with Crippen molar-refractivity contribution in [1.82, 2.24) is 19.7 Å². The first-order valence-electron chi connectivity index (χ1n) is 17.3. The smallest absolute Gasteiger partial charge is 0.410 e. The summed E-state index contributed by atoms with van der Waals surface area (Å²) in [5.41, 5.74) is 5.37. The largest absolute Gasteiger partial charge is 0.494 e. The summed E-state index contributed by atoms with van der Waals surface area (Å²) in [6, 6.07) is 12.4. The molecule has 48 heavy (non-hydrogen) atoms. The van der Waals surface area contributed by atoms with Crippen molar-refractivity contribution in [2.24, 2.45) is 11.8 Å². The molecule has 0 unspecified atom stereocenters. The number of nitrogens with one attached hydrogen (secondary N) is 1. The number of likely N-dealkylation sites (tertiary alicyclic amines) is 1. The van der Waals surface area contributed by atoms with Gasteiger partial charge in [0.05, 0.1) is 32.5 Å². The molecule has 11 nitrogen and oxygen atoms in total. The number of aliphatic hydroxyl groups is 1. The number of aromatic nitrogens is 3. The van der Waals surface area contributed by atoms with E-state index in [1.165, 1.54) is 4.90 Å². The van der Waals surface area contributed by atoms with E-state index in [1.807, 2.05) is 35.1 Å². The summed E-state index contributed by atoms with van der Waals surface area (Å²) in [5.74, 6) is 1.08. The maximum atomic E-state index is 13.7. The normalized spacial score (nSPS) is 22.9. The van der Waals surface area contributed by atoms with Crippen molar-refractivity contribution >= 4 is 17.7 Å². The SMILES string of the molecule is COc1ccc(C2CCC(Cc3c(NC(=O)C4CCC(OC(=O)N5CC(O)C5)CC4)cccc3-c3cnn(C(C)C)c3)CC2)nc1C#N. The summed E-state index contributed by atoms with van der Waals surface area (Å²) >= 11 is 0. The molecule has 0 spiro atoms. The third kappa shape index (κ3) is 7.49. The van der Waals surface area contributed by atoms with Gasteiger partial charge in [-0.25, -0.2) is 9.78 Å². The summed E-state index contributed by atoms with van der Waals surface area (Å²) in [5, 5.41) is 26.9. The molecular formula is C37H46N6O5. The summed E-state index contributed by atoms with van der Waals surface area (Å²) in [6.07, 6.45) is 10.4. The maximum Gasteiger partial charge on any atom is 0.410 e. The molecule has 1 aromatic carbocycles. The highest BCUT2D eigenvalue weighted by atomic mass is 16.6. The molecule has 2 N–H and O–H groups in total. The second kappa shape index (κ2) is 14.8. The first kappa shape index (κ1) is 33.5. The average molecular weight is 655 g/mol. The second-order valence-corrected chi connectivity index (χ2v) is 13.9. The number of benzene rings is 1. The molecule has 3 heterocycles. The van der Waals surface area contributed by atoms with Crippen LogP contribution in [0.2, 0.25) is 0 Å². The fourth-order valence-corrected chi connectivity index (χ4v) is 7.34. The van der Waals surface area contributed by atoms with Crippen LogP contribution < -0.4 is 10.1 Å². The fourth-order valence-electron chi connectivity index (χ4n) is 7.34. The molecule has 0 atom stereocenters. The molecular weight excluding hydrogens is 608 g/mol. The van der Waals surface area contributed by atoms with E-state index in [0.717, 1.165) is 60.2 Å². The fraction of sp³-hybridized carbons (Fsp3) is 0.541. The molecule has 1 saturated heterocycles. The molecule has 0 radical (unpaired) electrons. The van der Waals surface area contributed by atoms with E-state index in [-0.39, 0.29) is 30.1 Å². The Morgan fingerprint density at radius 2 is 1.81 bits per heavy atom. The van der Waals surface area contributed by atoms with Crippen LogP contribution in [-0.4, -0.2) is 69.2 Å². The van der Waals surface area contributed by atoms with Crippen LogP contribution in [0.5, 0.6) is 5.75 Å². The first-order valence-corrected chi connectivity index (χ1v) is 17.3. The van der Waals surface area contributed by atoms with Gasteiger partial charge in [-0.05, 0) is 107 Å². The van der Waals surface area contributed by atoms with Crippen molar-refractivity contribution in [3.05, 3.63) is 59.7 Å². The molecule has 2 aromatic heterocycles. The van der Waals surface area contributed by atoms with Gasteiger partial charge in [0.2, 0.25) is 5.91 Å². The van der Waals surface area contributed by atoms with Gasteiger partial charge in [0.1, 0.15) is 12.2 Å². The van der Waals surface area contributed by atoms with Gasteiger partial charge in [-0.3, -0.25) is 9.48 Å². The number of nitriles is 1. The molecule has 3 aromatic rings. The third-order valence-corrected chi connectivity index (χ3v) is 10.3. The van der Waals surface area contributed by atoms with Crippen LogP contribution in [0.25, 0.3) is 11.1 Å². The monoisotopic (exact) mass is 654 g/mol. The Balaban J connectivity index is 1.14. The number of hydrogen-bond donors (Lipinski definition) is 2. The second-order valence-electron chi connectivity index (χ2n) is 13.9. The third-order valence-electron chi connectivity index (χ3n) is 10.3. The van der Waals surface area contributed by atoms with Crippen molar-refractivity contribution in [1.29, 1.82) is 5.26 Å². The van der Waals surface area contributed by atoms with Gasteiger partial charge < -0.3 is 24.8 Å². The summed E-state index contributed by atoms with van der Waals surface area (Å²) in [6.45, 7) is 4.85. The minimum Gasteiger partial charge on any atom is -0.494 e. The van der Waals surface area contributed by atoms with Gasteiger partial charge in [-0.1, -0.05) is 12.1 Å². The lowest BCUT2D eigenvalue weighted by Gasteiger charge is -2.36. The number of carbonyl (C=O) groups excluding carboxylic acids is 2. The van der Waals surface area contributed by atoms with Crippen molar-refractivity contribution in [2.45, 2.75) is 95.8 Å². The summed E-state index contributed by atoms with van der Waals surface area (Å²) < 4.78 is 12.9. The first-order chi connectivity index (χ1) is 23.2. The minimum absolute atomic E-state index is 0.00417. The molecule has 1 aliphatic heterocycles. The van der Waals surface area contributed by atoms with Crippen molar-refractivity contribution in [3.63, 3.8) is 0 Å². The molecule has 2 amide bonds. The Kier molecular flexibility index (Phi) is 10.3. The molecule has 2 aliphatic carbocycles. The lowest BCUT2D eigenvalue weighted by molar-refractivity contribution is -0.121. The predicted octanol–water partition coefficient (Wildman–Crippen LogP) is 6.23. The van der Waals surface area contributed by atoms with Crippen LogP contribution in [0, 0.1) is 23.2 Å². The Morgan fingerprint density at radius 3 is 2.46 bits per heavy atom. The van der Waals surface area contributed by atoms with Crippen LogP contribution in [-0.2, 0) is 16.0 Å². The van der Waals surface area contributed by atoms with Crippen LogP contribution >= 0.6 is 0 Å². The average Bonchev–Trinajstić information content (AvgIpc) is 3.59. The number of rotatable bonds is 9. The van der Waals surface area contributed by atoms with Gasteiger partial charge >= 0.3 is 6.09 Å². The number of hydrogen-bond acceptors (Lipinski definition) is 8. The molecule has 254 valence electrons. The molecule has 2 saturated carbocycles. The van der Waals surface area contributed by atoms with E-state index in [1.54, 1.807) is 7.11 Å². The molecule has 0 bridgehead atoms. The van der Waals surface area contributed by atoms with Crippen molar-refractivity contribution in [2.75, 3.05) is 25.5 Å². The predicted molar refractivity (Wildman–Crippen MR) is 180 cm³/mol. The quantitative estimate of drug-likeness (QED) is 0.276. The topological polar surface area (TPSA) is 143 Å². The zero-order chi connectivity index (χ0) is 33.8. The van der Waals surface area contributed by atoms with Crippen molar-refractivity contribution < 1.29 is 24.2 Å². The lowest BCUT2D eigenvalue weighted by atomic mass is 9.77. The number of pyridine rings is 1. The number of β-amino-alcohol motifs (C(OH)–C–C–N with tert-alkyl or cyclic N) is 1. The zero-order valence-electron chi connectivity index (χ0n) is 28.1. The number of aliphatic hydroxyl groups excluding tert-OH is 1. The lowest BCUT2D eigenvalue weighted by Crippen LogP contribution is -2.54. The standard InChI is InChI=1S/C37H46N6O5/c1-23(2)43-20-27(19-39-43)30-5-4-6-33(41-36(45)26-11-13-29(14-12-26)48-37(46)42-21-28(44)22-42)31(30)17-24-7-9-25(10-8-24)32-15-16-35(47-3)34(18-38)40-32/h4-6,15-16,19-20,23-26,28-29,44H,7-14,17,21-22H2,1-3H3,(H,41,45). The van der Waals surface area contributed by atoms with Crippen LogP contribution in [0.3, 0.4) is 0 Å². The Bertz CT molecular complexity index is 1640. The van der Waals surface area contributed by atoms with Crippen LogP contribution in [0.4, 0.5) is 10.5 Å². The number of amides is 2. The van der Waals surface area contributed by atoms with E-state index < -0.39 is 6.10 Å². The molecule has 11 heteroatoms. The number of nitrogens with zero attached hydrogens (tertiary/aromatic N) is 5. The van der Waals surface area contributed by atoms with Gasteiger partial charge in [-0.15, -0.1) is 0 Å². The number of methoxy groups -OCH3 is 1. The van der Waals surface area contributed by atoms with Crippen LogP contribution in [0.15, 0.2) is 42.7 Å². The summed E-state index contributed by atoms with van der Waals surface area (Å²) in [4.78, 5) is 32.1. The van der Waals surface area contributed by atoms with Crippen LogP contribution in [0.1, 0.15) is 94.1 Å². The van der Waals surface area contributed by atoms with Gasteiger partial charge in [0, 0.05) is 41.0 Å². The van der Waals surface area contributed by atoms with E-state index in [4.69, 9.17) is 9.47 Å². The number of carbonyl (C=O) groups is 2. The molecule has 3 fully saturated rings. The number of anilines is 1. The highest BCUT2D eigenvalue weighted by Crippen LogP contribution is 2.40. The minimum atomic E-state index is -0.461. The summed E-state index contributed by atoms with van der Waals surface area (Å²) in [7, 11) is 1.55. The van der Waals surface area contributed by atoms with E-state index in [2.05, 4.69) is 47.6 Å². The maximum absolute atomic E-state index is 13.7. The van der Waals surface area contributed by atoms with Gasteiger partial charge in [0.25, 0.3) is 0 Å². The Hall–Kier alpha value is -4.43. The van der Waals surface area contributed by atoms with E-state index in [0.29, 0.717) is 62.1 Å². The van der Waals surface area contributed by atoms with Gasteiger partial charge in [0.15, 0.2) is 11.4 Å². The molecule has 3 aliphatic rings. The highest BCUT2D eigenvalue weighted by molar-refractivity contribution is 5.94. The van der Waals surface area contributed by atoms with Crippen molar-refractivity contribution in [3.8, 4) is 22.9 Å². The van der Waals surface area contributed by atoms with Gasteiger partial charge in [-0.2, -0.15) is 10.4 Å². The van der Waals surface area contributed by atoms with E-state index >= 15 is 0 Å².